The molecule has 4 aliphatic heterocycles. The molecule has 6 aliphatic rings. The zero-order valence-electron chi connectivity index (χ0n) is 74.0. The molecule has 0 bridgehead atoms. The monoisotopic (exact) mass is 1790 g/mol. The molecule has 0 radical (unpaired) electrons. The first-order valence-corrected chi connectivity index (χ1v) is 45.5. The van der Waals surface area contributed by atoms with E-state index in [2.05, 4.69) is 42.5 Å². The normalized spacial score (nSPS) is 23.5. The number of thiazole rings is 2. The van der Waals surface area contributed by atoms with Crippen LogP contribution in [-0.2, 0) is 28.8 Å². The Balaban J connectivity index is 0.000000219. The number of halogens is 1. The Kier molecular flexibility index (Phi) is 29.7. The van der Waals surface area contributed by atoms with Crippen LogP contribution in [0, 0.1) is 29.5 Å². The first-order valence-electron chi connectivity index (χ1n) is 43.8. The van der Waals surface area contributed by atoms with Gasteiger partial charge in [0.15, 0.2) is 21.8 Å². The first-order chi connectivity index (χ1) is 61.2. The molecule has 8 amide bonds. The summed E-state index contributed by atoms with van der Waals surface area (Å²) in [4.78, 5) is 163. The molecule has 8 heterocycles. The maximum Gasteiger partial charge on any atom is 0.330 e. The fraction of sp³-hybridized carbons (Fsp3) is 0.468. The third-order valence-corrected chi connectivity index (χ3v) is 25.6. The van der Waals surface area contributed by atoms with E-state index in [-0.39, 0.29) is 86.9 Å². The summed E-state index contributed by atoms with van der Waals surface area (Å²) in [6.45, 7) is 15.2. The molecular weight excluding hydrogens is 1680 g/mol. The van der Waals surface area contributed by atoms with Crippen LogP contribution in [0.4, 0.5) is 29.9 Å². The number of amides is 8. The number of carbonyl (C=O) groups is 10. The number of Topliss-reactive ketones (excluding diaryl/α,β-unsaturated/α-hetero) is 2. The van der Waals surface area contributed by atoms with E-state index in [1.807, 2.05) is 120 Å². The maximum absolute atomic E-state index is 14.9. The van der Waals surface area contributed by atoms with Crippen LogP contribution >= 0.6 is 22.7 Å². The van der Waals surface area contributed by atoms with E-state index < -0.39 is 131 Å². The summed E-state index contributed by atoms with van der Waals surface area (Å²) in [5.41, 5.74) is 2.03. The lowest BCUT2D eigenvalue weighted by molar-refractivity contribution is -0.146. The van der Waals surface area contributed by atoms with Gasteiger partial charge >= 0.3 is 24.0 Å². The van der Waals surface area contributed by atoms with Gasteiger partial charge in [0.2, 0.25) is 23.6 Å². The lowest BCUT2D eigenvalue weighted by Gasteiger charge is -2.30. The number of carboxylic acids is 2. The van der Waals surface area contributed by atoms with E-state index in [0.717, 1.165) is 35.2 Å². The van der Waals surface area contributed by atoms with Gasteiger partial charge in [0.1, 0.15) is 87.7 Å². The zero-order valence-corrected chi connectivity index (χ0v) is 75.7. The SMILES string of the molecule is COc1ccc2c(O[C@@H]3C[C@H]4C(=O)N[C@]5(C(=O)O)CC5/C=C\CCCCC[C@H](NC(=O)N[C@H](C(=O)c5ccc(F)cc5)C(C)C)C(=O)N4C3)cc(-c3csc(NC(C)C)n3)nc2c1.COc1ccc2c(O[C@@H]3C[C@H]4C(=O)N[C@]5(C(=O)O)CC5/C=C\CCCCC[C@H](NC(=O)N[C@H](C(=O)c5ccc(N(C)C)cc5)C(C)C)C(=O)N4C3)cc(-c3csc(NC(C)C)n3)nc2c1. The van der Waals surface area contributed by atoms with Gasteiger partial charge in [0.05, 0.1) is 61.8 Å². The van der Waals surface area contributed by atoms with E-state index in [4.69, 9.17) is 38.9 Å². The van der Waals surface area contributed by atoms with Gasteiger partial charge in [-0.05, 0) is 164 Å². The number of carboxylic acid groups (broad SMARTS) is 2. The molecule has 2 saturated carbocycles. The summed E-state index contributed by atoms with van der Waals surface area (Å²) in [5, 5.41) is 50.8. The van der Waals surface area contributed by atoms with Crippen molar-refractivity contribution in [3.05, 3.63) is 149 Å². The molecule has 2 unspecified atom stereocenters. The van der Waals surface area contributed by atoms with Gasteiger partial charge in [-0.15, -0.1) is 22.7 Å². The number of allylic oxidation sites excluding steroid dienone is 2. The standard InChI is InChI=1S/C48H60N8O8S.C46H54FN7O8S/c1-27(2)41(42(57)29-15-17-31(18-16-29)55(5)6)53-46(62)51-35-14-12-10-8-9-11-13-30-24-48(30,45(60)61)54-43(58)39-22-33(25-56(39)44(35)59)64-40-23-37(38-26-65-47(52-38)49-28(3)4)50-36-21-32(63-7)19-20-34(36)40;1-25(2)39(40(55)27-13-15-29(47)16-14-27)52-44(60)50-33-12-10-8-6-7-9-11-28-22-46(28,43(58)59)53-41(56)37-20-31(23-54(37)42(33)57)62-38-21-35(36-24-63-45(51-36)48-26(3)4)49-34-19-30(61-5)17-18-32(34)38/h11,13,15-21,23,26-28,30,33,35,39,41H,8-10,12,14,22,24-25H2,1-7H3,(H,49,52)(H,54,58)(H,60,61)(H2,51,53,62);9,11,13-19,21,24-26,28,31,33,37,39H,6-8,10,12,20,22-23H2,1-5H3,(H,48,51)(H,53,56)(H,58,59)(H2,50,52,60)/b13-11-;11-9-/t30?,33-,35+,39+,41+,48-;28?,31-,33+,37+,39+,46-/m11/s1. The minimum atomic E-state index is -1.52. The van der Waals surface area contributed by atoms with Crippen molar-refractivity contribution in [2.75, 3.05) is 56.9 Å². The van der Waals surface area contributed by atoms with Crippen LogP contribution in [0.3, 0.4) is 0 Å². The number of aromatic nitrogens is 4. The van der Waals surface area contributed by atoms with E-state index in [0.29, 0.717) is 105 Å². The molecular formula is C94H114FN15O16S2. The van der Waals surface area contributed by atoms with Gasteiger partial charge < -0.3 is 86.4 Å². The second-order valence-electron chi connectivity index (χ2n) is 35.2. The Labute approximate surface area is 750 Å². The van der Waals surface area contributed by atoms with Gasteiger partial charge in [-0.3, -0.25) is 28.8 Å². The second-order valence-corrected chi connectivity index (χ2v) is 36.9. The molecule has 2 aliphatic carbocycles. The fourth-order valence-electron chi connectivity index (χ4n) is 16.8. The Morgan fingerprint density at radius 2 is 0.938 bits per heavy atom. The number of carbonyl (C=O) groups excluding carboxylic acids is 8. The minimum absolute atomic E-state index is 0.0166. The van der Waals surface area contributed by atoms with Crippen molar-refractivity contribution >= 4 is 120 Å². The quantitative estimate of drug-likeness (QED) is 0.0188. The van der Waals surface area contributed by atoms with Crippen molar-refractivity contribution in [2.24, 2.45) is 23.7 Å². The Bertz CT molecular complexity index is 5490. The fourth-order valence-corrected chi connectivity index (χ4v) is 18.5. The van der Waals surface area contributed by atoms with Crippen LogP contribution in [0.15, 0.2) is 132 Å². The van der Waals surface area contributed by atoms with Crippen molar-refractivity contribution in [1.82, 2.24) is 61.6 Å². The Morgan fingerprint density at radius 1 is 0.531 bits per heavy atom. The van der Waals surface area contributed by atoms with Gasteiger partial charge in [-0.25, -0.2) is 43.5 Å². The zero-order chi connectivity index (χ0) is 91.6. The smallest absolute Gasteiger partial charge is 0.330 e. The summed E-state index contributed by atoms with van der Waals surface area (Å²) in [6.07, 6.45) is 12.6. The number of methoxy groups -OCH3 is 2. The number of rotatable bonds is 25. The van der Waals surface area contributed by atoms with Crippen molar-refractivity contribution < 1.29 is 81.5 Å². The molecule has 10 N–H and O–H groups in total. The molecule has 14 rings (SSSR count). The topological polar surface area (TPSA) is 406 Å². The summed E-state index contributed by atoms with van der Waals surface area (Å²) in [6, 6.07) is 19.1. The number of ether oxygens (including phenoxy) is 4. The minimum Gasteiger partial charge on any atom is -0.497 e. The van der Waals surface area contributed by atoms with Crippen LogP contribution in [0.1, 0.15) is 166 Å². The average Bonchev–Trinajstić information content (AvgIpc) is 1.58. The number of ketones is 2. The Hall–Kier alpha value is -12.3. The van der Waals surface area contributed by atoms with Crippen LogP contribution in [0.2, 0.25) is 0 Å². The molecule has 8 aromatic rings. The summed E-state index contributed by atoms with van der Waals surface area (Å²) in [5.74, 6) is -5.23. The molecule has 0 spiro atoms. The molecule has 34 heteroatoms. The average molecular weight is 1790 g/mol. The number of nitrogens with one attached hydrogen (secondary N) is 8. The first kappa shape index (κ1) is 93.3. The van der Waals surface area contributed by atoms with Crippen LogP contribution in [0.25, 0.3) is 44.6 Å². The van der Waals surface area contributed by atoms with Gasteiger partial charge in [-0.2, -0.15) is 0 Å². The highest BCUT2D eigenvalue weighted by Crippen LogP contribution is 2.48. The molecule has 12 atom stereocenters. The highest BCUT2D eigenvalue weighted by Gasteiger charge is 2.63. The molecule has 31 nitrogen and oxygen atoms in total. The van der Waals surface area contributed by atoms with Crippen molar-refractivity contribution in [1.29, 1.82) is 0 Å². The van der Waals surface area contributed by atoms with Crippen LogP contribution in [0.5, 0.6) is 23.0 Å². The number of anilines is 3. The lowest BCUT2D eigenvalue weighted by atomic mass is 9.95. The van der Waals surface area contributed by atoms with Gasteiger partial charge in [-0.1, -0.05) is 77.7 Å². The molecule has 128 heavy (non-hydrogen) atoms. The van der Waals surface area contributed by atoms with Gasteiger partial charge in [0.25, 0.3) is 0 Å². The summed E-state index contributed by atoms with van der Waals surface area (Å²) in [7, 11) is 6.95. The van der Waals surface area contributed by atoms with Crippen molar-refractivity contribution in [2.45, 2.75) is 217 Å². The molecule has 2 saturated heterocycles. The number of urea groups is 2. The molecule has 4 aromatic heterocycles. The number of nitrogens with zero attached hydrogens (tertiary/aromatic N) is 7. The third kappa shape index (κ3) is 22.1. The van der Waals surface area contributed by atoms with E-state index in [1.165, 1.54) is 56.7 Å². The Morgan fingerprint density at radius 3 is 1.31 bits per heavy atom. The predicted molar refractivity (Wildman–Crippen MR) is 487 cm³/mol. The summed E-state index contributed by atoms with van der Waals surface area (Å²) < 4.78 is 38.2. The molecule has 4 fully saturated rings. The number of fused-ring (bicyclic) bond motifs is 6. The van der Waals surface area contributed by atoms with Crippen LogP contribution in [-0.4, -0.2) is 212 Å². The number of benzene rings is 4. The molecule has 4 aromatic carbocycles. The lowest BCUT2D eigenvalue weighted by Crippen LogP contribution is -2.58. The number of pyridine rings is 2. The van der Waals surface area contributed by atoms with Crippen molar-refractivity contribution in [3.8, 4) is 45.8 Å². The van der Waals surface area contributed by atoms with Gasteiger partial charge in [0, 0.05) is 113 Å². The highest BCUT2D eigenvalue weighted by atomic mass is 32.1. The largest absolute Gasteiger partial charge is 0.497 e. The predicted octanol–water partition coefficient (Wildman–Crippen LogP) is 13.4. The van der Waals surface area contributed by atoms with Crippen molar-refractivity contribution in [3.63, 3.8) is 0 Å². The third-order valence-electron chi connectivity index (χ3n) is 24.0. The second kappa shape index (κ2) is 40.8. The number of hydrogen-bond donors (Lipinski definition) is 10. The highest BCUT2D eigenvalue weighted by molar-refractivity contribution is 7.14. The van der Waals surface area contributed by atoms with E-state index in [1.54, 1.807) is 76.6 Å². The van der Waals surface area contributed by atoms with E-state index >= 15 is 0 Å². The number of hydrogen-bond acceptors (Lipinski definition) is 23. The number of aliphatic carboxylic acids is 2. The van der Waals surface area contributed by atoms with E-state index in [9.17, 15) is 62.5 Å². The van der Waals surface area contributed by atoms with Crippen LogP contribution < -0.4 is 66.4 Å². The summed E-state index contributed by atoms with van der Waals surface area (Å²) >= 11 is 2.89. The maximum atomic E-state index is 14.9. The molecule has 680 valence electrons.